The summed E-state index contributed by atoms with van der Waals surface area (Å²) in [5, 5.41) is 6.23. The molecule has 0 radical (unpaired) electrons. The maximum atomic E-state index is 12.2. The highest BCUT2D eigenvalue weighted by atomic mass is 16.5. The Labute approximate surface area is 169 Å². The van der Waals surface area contributed by atoms with Gasteiger partial charge in [-0.15, -0.1) is 0 Å². The number of likely N-dealkylation sites (N-methyl/N-ethyl adjacent to an activating group) is 2. The Hall–Kier alpha value is -1.87. The molecule has 0 aliphatic carbocycles. The number of nitrogens with one attached hydrogen (secondary N) is 2. The number of carbonyl (C=O) groups excluding carboxylic acids is 2. The molecule has 1 saturated heterocycles. The van der Waals surface area contributed by atoms with E-state index < -0.39 is 0 Å². The lowest BCUT2D eigenvalue weighted by atomic mass is 10.1. The summed E-state index contributed by atoms with van der Waals surface area (Å²) in [5.41, 5.74) is -0.290. The van der Waals surface area contributed by atoms with E-state index >= 15 is 0 Å². The van der Waals surface area contributed by atoms with Crippen LogP contribution in [-0.2, 0) is 14.3 Å². The number of amides is 2. The third-order valence-electron chi connectivity index (χ3n) is 4.16. The van der Waals surface area contributed by atoms with E-state index in [9.17, 15) is 9.59 Å². The van der Waals surface area contributed by atoms with Crippen LogP contribution in [0.15, 0.2) is 4.99 Å². The number of rotatable bonds is 8. The molecule has 1 fully saturated rings. The Morgan fingerprint density at radius 1 is 1.14 bits per heavy atom. The predicted octanol–water partition coefficient (Wildman–Crippen LogP) is -0.411. The minimum atomic E-state index is -0.290. The fourth-order valence-corrected chi connectivity index (χ4v) is 2.67. The minimum Gasteiger partial charge on any atom is -0.379 e. The van der Waals surface area contributed by atoms with Gasteiger partial charge in [0.05, 0.1) is 19.8 Å². The summed E-state index contributed by atoms with van der Waals surface area (Å²) >= 11 is 0. The van der Waals surface area contributed by atoms with E-state index in [1.54, 1.807) is 26.0 Å². The quantitative estimate of drug-likeness (QED) is 0.328. The zero-order valence-corrected chi connectivity index (χ0v) is 18.4. The van der Waals surface area contributed by atoms with Gasteiger partial charge < -0.3 is 25.2 Å². The van der Waals surface area contributed by atoms with Crippen LogP contribution in [0.3, 0.4) is 0 Å². The summed E-state index contributed by atoms with van der Waals surface area (Å²) in [7, 11) is 5.21. The van der Waals surface area contributed by atoms with Crippen LogP contribution in [0.2, 0.25) is 0 Å². The second-order valence-electron chi connectivity index (χ2n) is 8.32. The van der Waals surface area contributed by atoms with Crippen LogP contribution >= 0.6 is 0 Å². The number of morpholine rings is 1. The number of aliphatic imine (C=N–C) groups is 1. The van der Waals surface area contributed by atoms with Crippen LogP contribution in [0.5, 0.6) is 0 Å². The van der Waals surface area contributed by atoms with Gasteiger partial charge in [-0.05, 0) is 33.7 Å². The summed E-state index contributed by atoms with van der Waals surface area (Å²) in [5.74, 6) is 0.387. The second kappa shape index (κ2) is 11.9. The van der Waals surface area contributed by atoms with Gasteiger partial charge in [0, 0.05) is 46.3 Å². The van der Waals surface area contributed by atoms with Crippen LogP contribution in [0.4, 0.5) is 0 Å². The molecule has 0 aromatic rings. The van der Waals surface area contributed by atoms with Gasteiger partial charge in [0.1, 0.15) is 6.54 Å². The average molecular weight is 399 g/mol. The maximum Gasteiger partial charge on any atom is 0.243 e. The second-order valence-corrected chi connectivity index (χ2v) is 8.32. The van der Waals surface area contributed by atoms with E-state index in [0.717, 1.165) is 45.8 Å². The zero-order chi connectivity index (χ0) is 21.2. The highest BCUT2D eigenvalue weighted by molar-refractivity contribution is 5.88. The number of nitrogens with zero attached hydrogens (tertiary/aromatic N) is 4. The monoisotopic (exact) mass is 398 g/mol. The first kappa shape index (κ1) is 24.2. The Morgan fingerprint density at radius 2 is 1.79 bits per heavy atom. The smallest absolute Gasteiger partial charge is 0.243 e. The highest BCUT2D eigenvalue weighted by Crippen LogP contribution is 2.00. The SMILES string of the molecule is CN(C)C(=O)CN=C(NCCCN1CCOCC1)N(C)CC(=O)NC(C)(C)C. The predicted molar refractivity (Wildman–Crippen MR) is 111 cm³/mol. The molecule has 0 aromatic heterocycles. The van der Waals surface area contributed by atoms with Gasteiger partial charge in [0.2, 0.25) is 11.8 Å². The number of ether oxygens (including phenoxy) is 1. The van der Waals surface area contributed by atoms with Crippen molar-refractivity contribution in [2.24, 2.45) is 4.99 Å². The van der Waals surface area contributed by atoms with E-state index in [1.807, 2.05) is 20.8 Å². The normalized spacial score (nSPS) is 15.9. The molecule has 2 amide bonds. The molecule has 28 heavy (non-hydrogen) atoms. The highest BCUT2D eigenvalue weighted by Gasteiger charge is 2.17. The molecule has 0 saturated carbocycles. The van der Waals surface area contributed by atoms with Gasteiger partial charge in [0.15, 0.2) is 5.96 Å². The molecule has 1 aliphatic rings. The third kappa shape index (κ3) is 10.5. The molecule has 1 rings (SSSR count). The molecule has 2 N–H and O–H groups in total. The Morgan fingerprint density at radius 3 is 2.36 bits per heavy atom. The van der Waals surface area contributed by atoms with E-state index in [2.05, 4.69) is 20.5 Å². The van der Waals surface area contributed by atoms with Crippen LogP contribution in [-0.4, -0.2) is 112 Å². The van der Waals surface area contributed by atoms with Gasteiger partial charge in [-0.1, -0.05) is 0 Å². The minimum absolute atomic E-state index is 0.0457. The molecule has 1 aliphatic heterocycles. The van der Waals surface area contributed by atoms with Crippen molar-refractivity contribution < 1.29 is 14.3 Å². The molecular weight excluding hydrogens is 360 g/mol. The van der Waals surface area contributed by atoms with Crippen LogP contribution in [0.25, 0.3) is 0 Å². The van der Waals surface area contributed by atoms with Crippen molar-refractivity contribution in [3.63, 3.8) is 0 Å². The largest absolute Gasteiger partial charge is 0.379 e. The summed E-state index contributed by atoms with van der Waals surface area (Å²) < 4.78 is 5.36. The fourth-order valence-electron chi connectivity index (χ4n) is 2.67. The molecule has 0 bridgehead atoms. The van der Waals surface area contributed by atoms with Crippen LogP contribution < -0.4 is 10.6 Å². The van der Waals surface area contributed by atoms with Gasteiger partial charge in [-0.25, -0.2) is 4.99 Å². The lowest BCUT2D eigenvalue weighted by Gasteiger charge is -2.27. The lowest BCUT2D eigenvalue weighted by molar-refractivity contribution is -0.127. The molecule has 1 heterocycles. The fraction of sp³-hybridized carbons (Fsp3) is 0.842. The summed E-state index contributed by atoms with van der Waals surface area (Å²) in [6, 6.07) is 0. The maximum absolute atomic E-state index is 12.2. The van der Waals surface area contributed by atoms with Crippen molar-refractivity contribution in [3.05, 3.63) is 0 Å². The number of hydrogen-bond acceptors (Lipinski definition) is 5. The van der Waals surface area contributed by atoms with Gasteiger partial charge >= 0.3 is 0 Å². The van der Waals surface area contributed by atoms with Crippen molar-refractivity contribution >= 4 is 17.8 Å². The van der Waals surface area contributed by atoms with E-state index in [-0.39, 0.29) is 30.4 Å². The van der Waals surface area contributed by atoms with E-state index in [1.165, 1.54) is 4.90 Å². The molecule has 9 nitrogen and oxygen atoms in total. The molecule has 9 heteroatoms. The van der Waals surface area contributed by atoms with Gasteiger partial charge in [0.25, 0.3) is 0 Å². The molecule has 0 spiro atoms. The van der Waals surface area contributed by atoms with Crippen molar-refractivity contribution in [2.75, 3.05) is 73.6 Å². The average Bonchev–Trinajstić information content (AvgIpc) is 2.59. The summed E-state index contributed by atoms with van der Waals surface area (Å²) in [6.07, 6.45) is 0.947. The number of guanidine groups is 1. The van der Waals surface area contributed by atoms with Crippen molar-refractivity contribution in [3.8, 4) is 0 Å². The summed E-state index contributed by atoms with van der Waals surface area (Å²) in [4.78, 5) is 34.2. The molecule has 162 valence electrons. The van der Waals surface area contributed by atoms with Crippen molar-refractivity contribution in [2.45, 2.75) is 32.7 Å². The standard InChI is InChI=1S/C19H38N6O3/c1-19(2,3)22-16(26)15-24(6)18(21-14-17(27)23(4)5)20-8-7-9-25-10-12-28-13-11-25/h7-15H2,1-6H3,(H,20,21)(H,22,26). The zero-order valence-electron chi connectivity index (χ0n) is 18.4. The first-order valence-corrected chi connectivity index (χ1v) is 9.89. The molecule has 0 atom stereocenters. The molecule has 0 unspecified atom stereocenters. The first-order valence-electron chi connectivity index (χ1n) is 9.89. The van der Waals surface area contributed by atoms with Crippen molar-refractivity contribution in [1.29, 1.82) is 0 Å². The molecule has 0 aromatic carbocycles. The van der Waals surface area contributed by atoms with Crippen molar-refractivity contribution in [1.82, 2.24) is 25.3 Å². The first-order chi connectivity index (χ1) is 13.1. The van der Waals surface area contributed by atoms with Crippen LogP contribution in [0.1, 0.15) is 27.2 Å². The lowest BCUT2D eigenvalue weighted by Crippen LogP contribution is -2.49. The topological polar surface area (TPSA) is 89.5 Å². The van der Waals surface area contributed by atoms with Gasteiger partial charge in [-0.2, -0.15) is 0 Å². The van der Waals surface area contributed by atoms with Gasteiger partial charge in [-0.3, -0.25) is 14.5 Å². The Kier molecular flexibility index (Phi) is 10.2. The summed E-state index contributed by atoms with van der Waals surface area (Å²) in [6.45, 7) is 11.3. The molecular formula is C19H38N6O3. The van der Waals surface area contributed by atoms with E-state index in [4.69, 9.17) is 4.74 Å². The Bertz CT molecular complexity index is 524. The van der Waals surface area contributed by atoms with Crippen LogP contribution in [0, 0.1) is 0 Å². The Balaban J connectivity index is 2.57. The number of hydrogen-bond donors (Lipinski definition) is 2. The number of carbonyl (C=O) groups is 2. The van der Waals surface area contributed by atoms with E-state index in [0.29, 0.717) is 5.96 Å². The third-order valence-corrected chi connectivity index (χ3v) is 4.16.